The van der Waals surface area contributed by atoms with Crippen LogP contribution in [0.15, 0.2) is 36.5 Å². The van der Waals surface area contributed by atoms with Gasteiger partial charge in [-0.05, 0) is 18.2 Å². The van der Waals surface area contributed by atoms with Gasteiger partial charge < -0.3 is 19.3 Å². The third kappa shape index (κ3) is 3.41. The number of nitrogens with zero attached hydrogens (tertiary/aromatic N) is 4. The number of aromatic nitrogens is 2. The molecule has 0 aliphatic carbocycles. The van der Waals surface area contributed by atoms with Gasteiger partial charge in [-0.25, -0.2) is 9.97 Å². The minimum Gasteiger partial charge on any atom is -0.490 e. The summed E-state index contributed by atoms with van der Waals surface area (Å²) in [7, 11) is 0. The number of hydrogen-bond donors (Lipinski definition) is 0. The number of carbonyl (C=O) groups excluding carboxylic acids is 1. The number of ether oxygens (including phenoxy) is 2. The van der Waals surface area contributed by atoms with Gasteiger partial charge in [0, 0.05) is 19.3 Å². The van der Waals surface area contributed by atoms with E-state index in [0.29, 0.717) is 32.2 Å². The van der Waals surface area contributed by atoms with Crippen molar-refractivity contribution in [3.05, 3.63) is 42.4 Å². The van der Waals surface area contributed by atoms with Crippen LogP contribution >= 0.6 is 0 Å². The predicted octanol–water partition coefficient (Wildman–Crippen LogP) is 1.28. The lowest BCUT2D eigenvalue weighted by Gasteiger charge is -2.29. The van der Waals surface area contributed by atoms with Crippen molar-refractivity contribution in [3.63, 3.8) is 0 Å². The second-order valence-electron chi connectivity index (χ2n) is 5.97. The Kier molecular flexibility index (Phi) is 4.47. The van der Waals surface area contributed by atoms with Crippen LogP contribution in [0.5, 0.6) is 5.75 Å². The molecule has 4 rings (SSSR count). The Hall–Kier alpha value is -2.67. The fourth-order valence-corrected chi connectivity index (χ4v) is 3.10. The van der Waals surface area contributed by atoms with E-state index >= 15 is 0 Å². The van der Waals surface area contributed by atoms with Gasteiger partial charge in [0.25, 0.3) is 0 Å². The maximum atomic E-state index is 12.8. The molecule has 1 saturated heterocycles. The van der Waals surface area contributed by atoms with E-state index in [1.54, 1.807) is 11.1 Å². The van der Waals surface area contributed by atoms with Gasteiger partial charge >= 0.3 is 0 Å². The van der Waals surface area contributed by atoms with E-state index in [0.717, 1.165) is 30.3 Å². The topological polar surface area (TPSA) is 67.8 Å². The average Bonchev–Trinajstić information content (AvgIpc) is 2.68. The highest BCUT2D eigenvalue weighted by Gasteiger charge is 2.24. The van der Waals surface area contributed by atoms with Gasteiger partial charge in [0.2, 0.25) is 5.91 Å². The van der Waals surface area contributed by atoms with Crippen LogP contribution in [-0.2, 0) is 16.0 Å². The Bertz CT molecular complexity index is 761. The molecular formula is C18H20N4O3. The summed E-state index contributed by atoms with van der Waals surface area (Å²) in [6.07, 6.45) is 1.89. The highest BCUT2D eigenvalue weighted by Crippen LogP contribution is 2.31. The van der Waals surface area contributed by atoms with Gasteiger partial charge in [0.05, 0.1) is 31.9 Å². The Balaban J connectivity index is 1.50. The molecule has 0 radical (unpaired) electrons. The first-order chi connectivity index (χ1) is 12.3. The average molecular weight is 340 g/mol. The van der Waals surface area contributed by atoms with Crippen LogP contribution < -0.4 is 14.5 Å². The first kappa shape index (κ1) is 15.8. The number of rotatable bonds is 3. The molecule has 0 saturated carbocycles. The highest BCUT2D eigenvalue weighted by atomic mass is 16.5. The van der Waals surface area contributed by atoms with Crippen molar-refractivity contribution in [2.75, 3.05) is 49.3 Å². The molecule has 0 unspecified atom stereocenters. The first-order valence-corrected chi connectivity index (χ1v) is 8.48. The van der Waals surface area contributed by atoms with Gasteiger partial charge in [-0.1, -0.05) is 12.1 Å². The van der Waals surface area contributed by atoms with E-state index in [1.165, 1.54) is 0 Å². The summed E-state index contributed by atoms with van der Waals surface area (Å²) in [5.74, 6) is 2.11. The first-order valence-electron chi connectivity index (χ1n) is 8.48. The minimum atomic E-state index is -0.0186. The van der Waals surface area contributed by atoms with E-state index in [4.69, 9.17) is 9.47 Å². The molecule has 0 atom stereocenters. The normalized spacial score (nSPS) is 17.0. The number of fused-ring (bicyclic) bond motifs is 1. The number of morpholine rings is 1. The van der Waals surface area contributed by atoms with Crippen molar-refractivity contribution < 1.29 is 14.3 Å². The Morgan fingerprint density at radius 2 is 1.92 bits per heavy atom. The van der Waals surface area contributed by atoms with Crippen LogP contribution in [0.4, 0.5) is 11.5 Å². The summed E-state index contributed by atoms with van der Waals surface area (Å²) in [5, 5.41) is 0. The summed E-state index contributed by atoms with van der Waals surface area (Å²) in [6, 6.07) is 9.47. The minimum absolute atomic E-state index is 0.0186. The van der Waals surface area contributed by atoms with Crippen molar-refractivity contribution in [1.29, 1.82) is 0 Å². The molecule has 0 spiro atoms. The second-order valence-corrected chi connectivity index (χ2v) is 5.97. The Morgan fingerprint density at radius 3 is 2.80 bits per heavy atom. The number of benzene rings is 1. The van der Waals surface area contributed by atoms with Gasteiger partial charge in [0.1, 0.15) is 24.0 Å². The fraction of sp³-hybridized carbons (Fsp3) is 0.389. The van der Waals surface area contributed by atoms with Gasteiger partial charge in [0.15, 0.2) is 0 Å². The molecule has 0 N–H and O–H groups in total. The van der Waals surface area contributed by atoms with E-state index in [-0.39, 0.29) is 12.3 Å². The Labute approximate surface area is 146 Å². The van der Waals surface area contributed by atoms with Gasteiger partial charge in [-0.2, -0.15) is 0 Å². The molecule has 1 aromatic heterocycles. The SMILES string of the molecule is O=C(Cc1nccc(N2CCOCC2)n1)N1CCOc2ccccc21. The van der Waals surface area contributed by atoms with Crippen LogP contribution in [0.3, 0.4) is 0 Å². The molecule has 2 aromatic rings. The second kappa shape index (κ2) is 7.06. The summed E-state index contributed by atoms with van der Waals surface area (Å²) < 4.78 is 11.0. The van der Waals surface area contributed by atoms with Crippen molar-refractivity contribution in [1.82, 2.24) is 9.97 Å². The smallest absolute Gasteiger partial charge is 0.234 e. The Morgan fingerprint density at radius 1 is 1.08 bits per heavy atom. The largest absolute Gasteiger partial charge is 0.490 e. The quantitative estimate of drug-likeness (QED) is 0.838. The lowest BCUT2D eigenvalue weighted by atomic mass is 10.2. The molecule has 0 bridgehead atoms. The van der Waals surface area contributed by atoms with E-state index < -0.39 is 0 Å². The number of hydrogen-bond acceptors (Lipinski definition) is 6. The zero-order valence-electron chi connectivity index (χ0n) is 13.9. The van der Waals surface area contributed by atoms with Crippen LogP contribution in [0.1, 0.15) is 5.82 Å². The molecule has 130 valence electrons. The number of para-hydroxylation sites is 2. The van der Waals surface area contributed by atoms with Crippen LogP contribution in [0.25, 0.3) is 0 Å². The van der Waals surface area contributed by atoms with Crippen molar-refractivity contribution in [2.24, 2.45) is 0 Å². The molecule has 7 heteroatoms. The molecule has 2 aliphatic heterocycles. The summed E-state index contributed by atoms with van der Waals surface area (Å²) in [6.45, 7) is 4.05. The standard InChI is InChI=1S/C18H20N4O3/c23-18(22-9-12-25-15-4-2-1-3-14(15)22)13-16-19-6-5-17(20-16)21-7-10-24-11-8-21/h1-6H,7-13H2. The van der Waals surface area contributed by atoms with E-state index in [1.807, 2.05) is 30.3 Å². The molecule has 3 heterocycles. The fourth-order valence-electron chi connectivity index (χ4n) is 3.10. The van der Waals surface area contributed by atoms with E-state index in [9.17, 15) is 4.79 Å². The zero-order chi connectivity index (χ0) is 17.1. The number of anilines is 2. The van der Waals surface area contributed by atoms with Crippen LogP contribution in [0, 0.1) is 0 Å². The van der Waals surface area contributed by atoms with Crippen LogP contribution in [-0.4, -0.2) is 55.3 Å². The van der Waals surface area contributed by atoms with Crippen molar-refractivity contribution in [3.8, 4) is 5.75 Å². The molecule has 25 heavy (non-hydrogen) atoms. The molecule has 1 fully saturated rings. The lowest BCUT2D eigenvalue weighted by molar-refractivity contribution is -0.118. The van der Waals surface area contributed by atoms with Crippen molar-refractivity contribution in [2.45, 2.75) is 6.42 Å². The third-order valence-electron chi connectivity index (χ3n) is 4.36. The van der Waals surface area contributed by atoms with Gasteiger partial charge in [-0.15, -0.1) is 0 Å². The molecule has 1 aromatic carbocycles. The van der Waals surface area contributed by atoms with Crippen molar-refractivity contribution >= 4 is 17.4 Å². The molecular weight excluding hydrogens is 320 g/mol. The van der Waals surface area contributed by atoms with Crippen LogP contribution in [0.2, 0.25) is 0 Å². The molecule has 7 nitrogen and oxygen atoms in total. The maximum absolute atomic E-state index is 12.8. The lowest BCUT2D eigenvalue weighted by Crippen LogP contribution is -2.39. The molecule has 2 aliphatic rings. The zero-order valence-corrected chi connectivity index (χ0v) is 13.9. The van der Waals surface area contributed by atoms with Gasteiger partial charge in [-0.3, -0.25) is 4.79 Å². The monoisotopic (exact) mass is 340 g/mol. The summed E-state index contributed by atoms with van der Waals surface area (Å²) in [4.78, 5) is 25.5. The number of amides is 1. The predicted molar refractivity (Wildman–Crippen MR) is 93.1 cm³/mol. The summed E-state index contributed by atoms with van der Waals surface area (Å²) >= 11 is 0. The highest BCUT2D eigenvalue weighted by molar-refractivity contribution is 5.96. The maximum Gasteiger partial charge on any atom is 0.234 e. The number of carbonyl (C=O) groups is 1. The summed E-state index contributed by atoms with van der Waals surface area (Å²) in [5.41, 5.74) is 0.808. The van der Waals surface area contributed by atoms with E-state index in [2.05, 4.69) is 14.9 Å². The molecule has 1 amide bonds. The third-order valence-corrected chi connectivity index (χ3v) is 4.36.